The van der Waals surface area contributed by atoms with E-state index in [-0.39, 0.29) is 37.1 Å². The van der Waals surface area contributed by atoms with E-state index >= 15 is 0 Å². The Morgan fingerprint density at radius 3 is 2.58 bits per heavy atom. The molecule has 7 nitrogen and oxygen atoms in total. The molecule has 31 heavy (non-hydrogen) atoms. The second-order valence-corrected chi connectivity index (χ2v) is 8.33. The Kier molecular flexibility index (Phi) is 5.96. The molecule has 0 radical (unpaired) electrons. The van der Waals surface area contributed by atoms with Gasteiger partial charge in [0.2, 0.25) is 12.7 Å². The number of morpholine rings is 1. The van der Waals surface area contributed by atoms with Crippen molar-refractivity contribution in [3.63, 3.8) is 0 Å². The van der Waals surface area contributed by atoms with Gasteiger partial charge in [-0.15, -0.1) is 0 Å². The summed E-state index contributed by atoms with van der Waals surface area (Å²) in [5.74, 6) is 1.56. The van der Waals surface area contributed by atoms with Gasteiger partial charge in [-0.1, -0.05) is 6.07 Å². The highest BCUT2D eigenvalue weighted by Gasteiger charge is 2.31. The summed E-state index contributed by atoms with van der Waals surface area (Å²) in [6.07, 6.45) is 0.157. The molecule has 0 saturated carbocycles. The maximum absolute atomic E-state index is 13.3. The summed E-state index contributed by atoms with van der Waals surface area (Å²) in [7, 11) is 1.57. The molecule has 3 unspecified atom stereocenters. The van der Waals surface area contributed by atoms with Crippen LogP contribution in [0.15, 0.2) is 30.3 Å². The zero-order valence-corrected chi connectivity index (χ0v) is 18.4. The van der Waals surface area contributed by atoms with Gasteiger partial charge in [-0.05, 0) is 56.2 Å². The van der Waals surface area contributed by atoms with Crippen molar-refractivity contribution in [3.8, 4) is 23.0 Å². The van der Waals surface area contributed by atoms with Crippen LogP contribution in [0.2, 0.25) is 0 Å². The van der Waals surface area contributed by atoms with Crippen LogP contribution < -0.4 is 14.2 Å². The van der Waals surface area contributed by atoms with Crippen molar-refractivity contribution in [3.05, 3.63) is 47.0 Å². The molecule has 0 aromatic heterocycles. The number of hydrogen-bond acceptors (Lipinski definition) is 6. The summed E-state index contributed by atoms with van der Waals surface area (Å²) in [6, 6.07) is 9.20. The number of amides is 1. The van der Waals surface area contributed by atoms with Gasteiger partial charge in [-0.2, -0.15) is 0 Å². The van der Waals surface area contributed by atoms with Gasteiger partial charge in [0.1, 0.15) is 11.5 Å². The molecule has 1 N–H and O–H groups in total. The van der Waals surface area contributed by atoms with E-state index in [0.717, 1.165) is 11.1 Å². The van der Waals surface area contributed by atoms with E-state index in [2.05, 4.69) is 0 Å². The summed E-state index contributed by atoms with van der Waals surface area (Å²) < 4.78 is 22.4. The van der Waals surface area contributed by atoms with E-state index in [1.165, 1.54) is 0 Å². The Balaban J connectivity index is 1.73. The molecule has 0 aliphatic carbocycles. The zero-order valence-electron chi connectivity index (χ0n) is 18.4. The fourth-order valence-electron chi connectivity index (χ4n) is 4.47. The number of ether oxygens (including phenoxy) is 4. The molecule has 0 bridgehead atoms. The topological polar surface area (TPSA) is 77.5 Å². The average molecular weight is 427 g/mol. The second-order valence-electron chi connectivity index (χ2n) is 8.33. The molecule has 3 atom stereocenters. The molecule has 0 spiro atoms. The molecular weight excluding hydrogens is 398 g/mol. The van der Waals surface area contributed by atoms with Crippen molar-refractivity contribution in [2.24, 2.45) is 0 Å². The maximum Gasteiger partial charge on any atom is 0.231 e. The highest BCUT2D eigenvalue weighted by atomic mass is 16.7. The Labute approximate surface area is 182 Å². The fourth-order valence-corrected chi connectivity index (χ4v) is 4.47. The van der Waals surface area contributed by atoms with Crippen LogP contribution in [0.5, 0.6) is 23.0 Å². The Morgan fingerprint density at radius 1 is 1.16 bits per heavy atom. The summed E-state index contributed by atoms with van der Waals surface area (Å²) >= 11 is 0. The first-order chi connectivity index (χ1) is 14.9. The first kappa shape index (κ1) is 21.3. The fraction of sp³-hybridized carbons (Fsp3) is 0.458. The predicted molar refractivity (Wildman–Crippen MR) is 115 cm³/mol. The normalized spacial score (nSPS) is 21.1. The van der Waals surface area contributed by atoms with Crippen LogP contribution >= 0.6 is 0 Å². The van der Waals surface area contributed by atoms with Gasteiger partial charge in [0.25, 0.3) is 0 Å². The third kappa shape index (κ3) is 4.42. The third-order valence-corrected chi connectivity index (χ3v) is 5.78. The van der Waals surface area contributed by atoms with Gasteiger partial charge in [0.05, 0.1) is 19.3 Å². The SMILES string of the molecule is COc1cc(C)cc(O)c1C(CC(=O)N1CC(C)OC(C)C1)c1ccc2c(c1)OCO2. The predicted octanol–water partition coefficient (Wildman–Crippen LogP) is 3.60. The highest BCUT2D eigenvalue weighted by molar-refractivity contribution is 5.78. The molecule has 2 aliphatic rings. The van der Waals surface area contributed by atoms with Crippen molar-refractivity contribution in [2.45, 2.75) is 45.3 Å². The highest BCUT2D eigenvalue weighted by Crippen LogP contribution is 2.44. The molecule has 2 heterocycles. The van der Waals surface area contributed by atoms with Crippen LogP contribution in [0.4, 0.5) is 0 Å². The quantitative estimate of drug-likeness (QED) is 0.786. The molecule has 4 rings (SSSR count). The van der Waals surface area contributed by atoms with Crippen LogP contribution in [0.3, 0.4) is 0 Å². The number of aryl methyl sites for hydroxylation is 1. The Bertz CT molecular complexity index is 965. The molecule has 2 aliphatic heterocycles. The van der Waals surface area contributed by atoms with E-state index in [0.29, 0.717) is 35.9 Å². The average Bonchev–Trinajstić information content (AvgIpc) is 3.19. The number of methoxy groups -OCH3 is 1. The molecule has 1 fully saturated rings. The lowest BCUT2D eigenvalue weighted by molar-refractivity contribution is -0.143. The van der Waals surface area contributed by atoms with Crippen LogP contribution in [-0.2, 0) is 9.53 Å². The van der Waals surface area contributed by atoms with Crippen LogP contribution in [-0.4, -0.2) is 55.1 Å². The van der Waals surface area contributed by atoms with Crippen molar-refractivity contribution >= 4 is 5.91 Å². The summed E-state index contributed by atoms with van der Waals surface area (Å²) in [5, 5.41) is 10.9. The molecule has 2 aromatic carbocycles. The van der Waals surface area contributed by atoms with E-state index < -0.39 is 5.92 Å². The van der Waals surface area contributed by atoms with E-state index in [4.69, 9.17) is 18.9 Å². The van der Waals surface area contributed by atoms with Crippen molar-refractivity contribution in [2.75, 3.05) is 27.0 Å². The number of carbonyl (C=O) groups excluding carboxylic acids is 1. The molecule has 1 saturated heterocycles. The van der Waals surface area contributed by atoms with Gasteiger partial charge >= 0.3 is 0 Å². The maximum atomic E-state index is 13.3. The Hall–Kier alpha value is -2.93. The van der Waals surface area contributed by atoms with Gasteiger partial charge in [-0.3, -0.25) is 4.79 Å². The molecule has 1 amide bonds. The lowest BCUT2D eigenvalue weighted by Crippen LogP contribution is -2.48. The standard InChI is InChI=1S/C24H29NO6/c1-14-7-19(26)24(22(8-14)28-4)18(17-5-6-20-21(9-17)30-13-29-20)10-23(27)25-11-15(2)31-16(3)12-25/h5-9,15-16,18,26H,10-13H2,1-4H3. The first-order valence-electron chi connectivity index (χ1n) is 10.6. The van der Waals surface area contributed by atoms with Crippen molar-refractivity contribution in [1.82, 2.24) is 4.90 Å². The van der Waals surface area contributed by atoms with E-state index in [9.17, 15) is 9.90 Å². The van der Waals surface area contributed by atoms with Crippen molar-refractivity contribution in [1.29, 1.82) is 0 Å². The van der Waals surface area contributed by atoms with Gasteiger partial charge < -0.3 is 29.0 Å². The number of fused-ring (bicyclic) bond motifs is 1. The number of rotatable bonds is 5. The number of phenols is 1. The van der Waals surface area contributed by atoms with Gasteiger partial charge in [0.15, 0.2) is 11.5 Å². The summed E-state index contributed by atoms with van der Waals surface area (Å²) in [6.45, 7) is 7.11. The summed E-state index contributed by atoms with van der Waals surface area (Å²) in [4.78, 5) is 15.2. The van der Waals surface area contributed by atoms with Gasteiger partial charge in [-0.25, -0.2) is 0 Å². The lowest BCUT2D eigenvalue weighted by atomic mass is 9.86. The van der Waals surface area contributed by atoms with E-state index in [1.54, 1.807) is 13.2 Å². The number of nitrogens with zero attached hydrogens (tertiary/aromatic N) is 1. The van der Waals surface area contributed by atoms with Crippen LogP contribution in [0, 0.1) is 6.92 Å². The summed E-state index contributed by atoms with van der Waals surface area (Å²) in [5.41, 5.74) is 2.32. The minimum atomic E-state index is -0.411. The lowest BCUT2D eigenvalue weighted by Gasteiger charge is -2.36. The minimum absolute atomic E-state index is 0.00620. The van der Waals surface area contributed by atoms with Crippen LogP contribution in [0.25, 0.3) is 0 Å². The number of aromatic hydroxyl groups is 1. The molecular formula is C24H29NO6. The number of phenolic OH excluding ortho intramolecular Hbond substituents is 1. The monoisotopic (exact) mass is 427 g/mol. The number of benzene rings is 2. The third-order valence-electron chi connectivity index (χ3n) is 5.78. The minimum Gasteiger partial charge on any atom is -0.507 e. The van der Waals surface area contributed by atoms with Gasteiger partial charge in [0, 0.05) is 31.0 Å². The smallest absolute Gasteiger partial charge is 0.231 e. The molecule has 2 aromatic rings. The Morgan fingerprint density at radius 2 is 1.87 bits per heavy atom. The zero-order chi connectivity index (χ0) is 22.1. The largest absolute Gasteiger partial charge is 0.507 e. The second kappa shape index (κ2) is 8.67. The number of carbonyl (C=O) groups is 1. The van der Waals surface area contributed by atoms with E-state index in [1.807, 2.05) is 49.9 Å². The number of hydrogen-bond donors (Lipinski definition) is 1. The molecule has 166 valence electrons. The van der Waals surface area contributed by atoms with Crippen molar-refractivity contribution < 1.29 is 28.8 Å². The van der Waals surface area contributed by atoms with Crippen LogP contribution in [0.1, 0.15) is 42.9 Å². The first-order valence-corrected chi connectivity index (χ1v) is 10.6. The molecule has 7 heteroatoms.